The maximum absolute atomic E-state index is 12.9. The molecular formula is C17H24Cl2N2O3S. The highest BCUT2D eigenvalue weighted by Gasteiger charge is 2.30. The number of rotatable bonds is 3. The first kappa shape index (κ1) is 20.5. The highest BCUT2D eigenvalue weighted by molar-refractivity contribution is 7.89. The fourth-order valence-electron chi connectivity index (χ4n) is 2.77. The number of amides is 1. The molecule has 1 fully saturated rings. The Morgan fingerprint density at radius 2 is 1.80 bits per heavy atom. The predicted octanol–water partition coefficient (Wildman–Crippen LogP) is 3.65. The third-order valence-electron chi connectivity index (χ3n) is 4.00. The smallest absolute Gasteiger partial charge is 0.244 e. The molecule has 0 unspecified atom stereocenters. The average molecular weight is 407 g/mol. The molecule has 1 aliphatic rings. The molecule has 0 aliphatic carbocycles. The number of carbonyl (C=O) groups excluding carboxylic acids is 1. The molecule has 1 amide bonds. The maximum Gasteiger partial charge on any atom is 0.244 e. The minimum Gasteiger partial charge on any atom is -0.341 e. The van der Waals surface area contributed by atoms with E-state index in [0.717, 1.165) is 0 Å². The lowest BCUT2D eigenvalue weighted by molar-refractivity contribution is -0.132. The standard InChI is InChI=1S/C17H24Cl2N2O3S/c1-17(2,3)12-16(22)20-7-4-8-21(10-9-20)25(23,24)15-6-5-13(18)11-14(15)19/h5-6,11H,4,7-10,12H2,1-3H3. The van der Waals surface area contributed by atoms with Crippen LogP contribution in [0, 0.1) is 5.41 Å². The van der Waals surface area contributed by atoms with Crippen molar-refractivity contribution < 1.29 is 13.2 Å². The Hall–Kier alpha value is -0.820. The summed E-state index contributed by atoms with van der Waals surface area (Å²) in [6.45, 7) is 7.62. The second-order valence-corrected chi connectivity index (χ2v) is 10.2. The van der Waals surface area contributed by atoms with Gasteiger partial charge in [-0.3, -0.25) is 4.79 Å². The van der Waals surface area contributed by atoms with E-state index in [-0.39, 0.29) is 27.8 Å². The molecule has 1 aromatic rings. The third kappa shape index (κ3) is 5.33. The molecule has 140 valence electrons. The molecule has 0 bridgehead atoms. The zero-order valence-electron chi connectivity index (χ0n) is 14.8. The molecule has 0 saturated carbocycles. The number of carbonyl (C=O) groups is 1. The van der Waals surface area contributed by atoms with Crippen molar-refractivity contribution in [3.63, 3.8) is 0 Å². The number of hydrogen-bond acceptors (Lipinski definition) is 3. The molecule has 0 spiro atoms. The Morgan fingerprint density at radius 1 is 1.12 bits per heavy atom. The largest absolute Gasteiger partial charge is 0.341 e. The van der Waals surface area contributed by atoms with Gasteiger partial charge in [-0.25, -0.2) is 8.42 Å². The van der Waals surface area contributed by atoms with Crippen molar-refractivity contribution in [1.82, 2.24) is 9.21 Å². The number of halogens is 2. The van der Waals surface area contributed by atoms with Crippen LogP contribution < -0.4 is 0 Å². The van der Waals surface area contributed by atoms with Crippen molar-refractivity contribution in [2.24, 2.45) is 5.41 Å². The number of nitrogens with zero attached hydrogens (tertiary/aromatic N) is 2. The van der Waals surface area contributed by atoms with Crippen molar-refractivity contribution >= 4 is 39.1 Å². The fraction of sp³-hybridized carbons (Fsp3) is 0.588. The average Bonchev–Trinajstić information content (AvgIpc) is 2.71. The molecule has 5 nitrogen and oxygen atoms in total. The predicted molar refractivity (Wildman–Crippen MR) is 100 cm³/mol. The second kappa shape index (κ2) is 7.82. The number of hydrogen-bond donors (Lipinski definition) is 0. The summed E-state index contributed by atoms with van der Waals surface area (Å²) >= 11 is 11.9. The lowest BCUT2D eigenvalue weighted by atomic mass is 9.91. The number of benzene rings is 1. The summed E-state index contributed by atoms with van der Waals surface area (Å²) < 4.78 is 27.1. The molecule has 0 atom stereocenters. The van der Waals surface area contributed by atoms with Crippen molar-refractivity contribution in [2.45, 2.75) is 38.5 Å². The van der Waals surface area contributed by atoms with Gasteiger partial charge in [-0.05, 0) is 30.0 Å². The summed E-state index contributed by atoms with van der Waals surface area (Å²) in [7, 11) is -3.71. The molecule has 1 saturated heterocycles. The van der Waals surface area contributed by atoms with Gasteiger partial charge in [0, 0.05) is 37.6 Å². The van der Waals surface area contributed by atoms with Crippen molar-refractivity contribution in [2.75, 3.05) is 26.2 Å². The molecule has 0 radical (unpaired) electrons. The molecular weight excluding hydrogens is 383 g/mol. The summed E-state index contributed by atoms with van der Waals surface area (Å²) in [6.07, 6.45) is 1.04. The zero-order valence-corrected chi connectivity index (χ0v) is 17.1. The third-order valence-corrected chi connectivity index (χ3v) is 6.62. The van der Waals surface area contributed by atoms with E-state index < -0.39 is 10.0 Å². The maximum atomic E-state index is 12.9. The molecule has 1 heterocycles. The summed E-state index contributed by atoms with van der Waals surface area (Å²) in [5, 5.41) is 0.496. The molecule has 25 heavy (non-hydrogen) atoms. The zero-order chi connectivity index (χ0) is 18.8. The van der Waals surface area contributed by atoms with Crippen LogP contribution >= 0.6 is 23.2 Å². The highest BCUT2D eigenvalue weighted by atomic mass is 35.5. The first-order valence-corrected chi connectivity index (χ1v) is 10.4. The molecule has 8 heteroatoms. The second-order valence-electron chi connectivity index (χ2n) is 7.45. The molecule has 0 N–H and O–H groups in total. The minimum absolute atomic E-state index is 0.0491. The Morgan fingerprint density at radius 3 is 2.40 bits per heavy atom. The van der Waals surface area contributed by atoms with Gasteiger partial charge in [-0.15, -0.1) is 0 Å². The normalized spacial score (nSPS) is 17.4. The van der Waals surface area contributed by atoms with E-state index >= 15 is 0 Å². The van der Waals surface area contributed by atoms with Gasteiger partial charge < -0.3 is 4.90 Å². The van der Waals surface area contributed by atoms with Gasteiger partial charge in [0.15, 0.2) is 0 Å². The van der Waals surface area contributed by atoms with Crippen LogP contribution in [0.5, 0.6) is 0 Å². The summed E-state index contributed by atoms with van der Waals surface area (Å²) in [5.74, 6) is 0.0660. The summed E-state index contributed by atoms with van der Waals surface area (Å²) in [5.41, 5.74) is -0.0913. The summed E-state index contributed by atoms with van der Waals surface area (Å²) in [6, 6.07) is 4.36. The van der Waals surface area contributed by atoms with Crippen LogP contribution in [0.3, 0.4) is 0 Å². The monoisotopic (exact) mass is 406 g/mol. The molecule has 0 aromatic heterocycles. The van der Waals surface area contributed by atoms with E-state index in [0.29, 0.717) is 37.5 Å². The summed E-state index contributed by atoms with van der Waals surface area (Å²) in [4.78, 5) is 14.2. The van der Waals surface area contributed by atoms with Crippen molar-refractivity contribution in [3.05, 3.63) is 28.2 Å². The Balaban J connectivity index is 2.13. The van der Waals surface area contributed by atoms with Crippen LogP contribution in [-0.4, -0.2) is 49.7 Å². The topological polar surface area (TPSA) is 57.7 Å². The van der Waals surface area contributed by atoms with Crippen molar-refractivity contribution in [3.8, 4) is 0 Å². The van der Waals surface area contributed by atoms with Crippen LogP contribution in [0.15, 0.2) is 23.1 Å². The molecule has 1 aromatic carbocycles. The van der Waals surface area contributed by atoms with E-state index in [2.05, 4.69) is 0 Å². The van der Waals surface area contributed by atoms with Gasteiger partial charge >= 0.3 is 0 Å². The molecule has 1 aliphatic heterocycles. The van der Waals surface area contributed by atoms with Crippen LogP contribution in [0.4, 0.5) is 0 Å². The first-order valence-electron chi connectivity index (χ1n) is 8.24. The van der Waals surface area contributed by atoms with E-state index in [1.54, 1.807) is 4.90 Å². The Kier molecular flexibility index (Phi) is 6.41. The van der Waals surface area contributed by atoms with Gasteiger partial charge in [-0.2, -0.15) is 4.31 Å². The molecule has 2 rings (SSSR count). The van der Waals surface area contributed by atoms with E-state index in [9.17, 15) is 13.2 Å². The van der Waals surface area contributed by atoms with E-state index in [1.807, 2.05) is 20.8 Å². The first-order chi connectivity index (χ1) is 11.5. The number of sulfonamides is 1. The highest BCUT2D eigenvalue weighted by Crippen LogP contribution is 2.28. The van der Waals surface area contributed by atoms with Gasteiger partial charge in [0.2, 0.25) is 15.9 Å². The van der Waals surface area contributed by atoms with Gasteiger partial charge in [0.25, 0.3) is 0 Å². The minimum atomic E-state index is -3.71. The van der Waals surface area contributed by atoms with Crippen molar-refractivity contribution in [1.29, 1.82) is 0 Å². The van der Waals surface area contributed by atoms with Crippen LogP contribution in [0.2, 0.25) is 10.0 Å². The Bertz CT molecular complexity index is 745. The lowest BCUT2D eigenvalue weighted by Gasteiger charge is -2.25. The van der Waals surface area contributed by atoms with Gasteiger partial charge in [0.1, 0.15) is 4.90 Å². The van der Waals surface area contributed by atoms with Crippen LogP contribution in [-0.2, 0) is 14.8 Å². The van der Waals surface area contributed by atoms with E-state index in [1.165, 1.54) is 22.5 Å². The Labute approximate surface area is 159 Å². The quantitative estimate of drug-likeness (QED) is 0.769. The fourth-order valence-corrected chi connectivity index (χ4v) is 4.99. The lowest BCUT2D eigenvalue weighted by Crippen LogP contribution is -2.38. The van der Waals surface area contributed by atoms with E-state index in [4.69, 9.17) is 23.2 Å². The van der Waals surface area contributed by atoms with Crippen LogP contribution in [0.1, 0.15) is 33.6 Å². The SMILES string of the molecule is CC(C)(C)CC(=O)N1CCCN(S(=O)(=O)c2ccc(Cl)cc2Cl)CC1. The van der Waals surface area contributed by atoms with Gasteiger partial charge in [0.05, 0.1) is 5.02 Å². The van der Waals surface area contributed by atoms with Crippen LogP contribution in [0.25, 0.3) is 0 Å². The van der Waals surface area contributed by atoms with Gasteiger partial charge in [-0.1, -0.05) is 44.0 Å².